The molecule has 0 atom stereocenters. The summed E-state index contributed by atoms with van der Waals surface area (Å²) in [4.78, 5) is 22.4. The fraction of sp³-hybridized carbons (Fsp3) is 0. The van der Waals surface area contributed by atoms with E-state index >= 15 is 0 Å². The summed E-state index contributed by atoms with van der Waals surface area (Å²) >= 11 is 0. The van der Waals surface area contributed by atoms with Crippen molar-refractivity contribution in [1.82, 2.24) is 5.31 Å². The van der Waals surface area contributed by atoms with Crippen molar-refractivity contribution < 1.29 is 11.0 Å². The van der Waals surface area contributed by atoms with Gasteiger partial charge in [0.1, 0.15) is 0 Å². The SMILES string of the molecule is [2H]N1C(=O)C=C(c2ccccc2)C1=O. The molecule has 2 amide bonds. The van der Waals surface area contributed by atoms with E-state index in [-0.39, 0.29) is 5.57 Å². The third-order valence-corrected chi connectivity index (χ3v) is 1.79. The van der Waals surface area contributed by atoms with Gasteiger partial charge in [-0.05, 0) is 5.56 Å². The molecule has 1 N–H and O–H groups in total. The highest BCUT2D eigenvalue weighted by molar-refractivity contribution is 6.33. The van der Waals surface area contributed by atoms with Gasteiger partial charge in [0.05, 0.1) is 5.57 Å². The molecule has 0 fully saturated rings. The zero-order chi connectivity index (χ0) is 10.1. The standard InChI is InChI=1S/C10H7NO2/c12-9-6-8(10(13)11-9)7-4-2-1-3-5-7/h1-6H,(H,11,12,13)/i/hD. The Bertz CT molecular complexity index is 425. The molecule has 3 heteroatoms. The lowest BCUT2D eigenvalue weighted by Gasteiger charge is -1.97. The molecule has 0 bridgehead atoms. The minimum Gasteiger partial charge on any atom is -0.289 e. The second kappa shape index (κ2) is 2.86. The number of carbonyl (C=O) groups is 2. The van der Waals surface area contributed by atoms with E-state index in [1.807, 2.05) is 6.07 Å². The molecule has 0 aliphatic carbocycles. The lowest BCUT2D eigenvalue weighted by molar-refractivity contribution is -0.123. The van der Waals surface area contributed by atoms with Crippen LogP contribution in [0.3, 0.4) is 0 Å². The van der Waals surface area contributed by atoms with Crippen LogP contribution in [0.5, 0.6) is 0 Å². The molecule has 0 saturated carbocycles. The van der Waals surface area contributed by atoms with E-state index in [1.165, 1.54) is 6.08 Å². The van der Waals surface area contributed by atoms with Crippen LogP contribution in [-0.4, -0.2) is 11.8 Å². The molecule has 0 radical (unpaired) electrons. The van der Waals surface area contributed by atoms with Crippen molar-refractivity contribution in [2.24, 2.45) is 0 Å². The molecule has 1 aromatic rings. The van der Waals surface area contributed by atoms with E-state index in [9.17, 15) is 9.59 Å². The van der Waals surface area contributed by atoms with Gasteiger partial charge in [0.25, 0.3) is 11.8 Å². The maximum absolute atomic E-state index is 11.4. The van der Waals surface area contributed by atoms with Crippen LogP contribution >= 0.6 is 0 Å². The summed E-state index contributed by atoms with van der Waals surface area (Å²) in [6.45, 7) is 0. The summed E-state index contributed by atoms with van der Waals surface area (Å²) in [6.07, 6.45) is 1.19. The Balaban J connectivity index is 2.43. The van der Waals surface area contributed by atoms with Crippen molar-refractivity contribution in [3.05, 3.63) is 42.0 Å². The van der Waals surface area contributed by atoms with E-state index in [0.717, 1.165) is 0 Å². The number of hydrogen-bond acceptors (Lipinski definition) is 2. The average molecular weight is 174 g/mol. The Labute approximate surface area is 76.5 Å². The van der Waals surface area contributed by atoms with Crippen LogP contribution in [0.1, 0.15) is 5.56 Å². The van der Waals surface area contributed by atoms with Gasteiger partial charge < -0.3 is 0 Å². The number of nitrogens with one attached hydrogen (secondary N) is 1. The van der Waals surface area contributed by atoms with E-state index in [0.29, 0.717) is 10.9 Å². The minimum absolute atomic E-state index is 0.283. The zero-order valence-corrected chi connectivity index (χ0v) is 6.73. The number of imide groups is 1. The predicted molar refractivity (Wildman–Crippen MR) is 47.6 cm³/mol. The van der Waals surface area contributed by atoms with Crippen molar-refractivity contribution in [3.63, 3.8) is 0 Å². The van der Waals surface area contributed by atoms with Gasteiger partial charge in [0.2, 0.25) is 0 Å². The first kappa shape index (κ1) is 6.60. The molecule has 1 aromatic carbocycles. The molecular weight excluding hydrogens is 166 g/mol. The molecular formula is C10H7NO2. The molecule has 1 aliphatic heterocycles. The summed E-state index contributed by atoms with van der Waals surface area (Å²) in [5.74, 6) is -1.16. The highest BCUT2D eigenvalue weighted by Gasteiger charge is 2.21. The Hall–Kier alpha value is -1.90. The van der Waals surface area contributed by atoms with Gasteiger partial charge in [-0.1, -0.05) is 30.3 Å². The maximum atomic E-state index is 11.4. The first-order valence-corrected chi connectivity index (χ1v) is 3.84. The van der Waals surface area contributed by atoms with Crippen molar-refractivity contribution in [3.8, 4) is 0 Å². The van der Waals surface area contributed by atoms with Crippen molar-refractivity contribution in [2.45, 2.75) is 0 Å². The lowest BCUT2D eigenvalue weighted by Crippen LogP contribution is -2.21. The highest BCUT2D eigenvalue weighted by atomic mass is 16.2. The Morgan fingerprint density at radius 3 is 2.38 bits per heavy atom. The average Bonchev–Trinajstić information content (AvgIpc) is 2.47. The van der Waals surface area contributed by atoms with E-state index in [4.69, 9.17) is 1.41 Å². The van der Waals surface area contributed by atoms with Gasteiger partial charge in [-0.15, -0.1) is 0 Å². The molecule has 0 unspecified atom stereocenters. The van der Waals surface area contributed by atoms with E-state index < -0.39 is 11.8 Å². The van der Waals surface area contributed by atoms with Crippen LogP contribution in [0.2, 0.25) is 1.41 Å². The summed E-state index contributed by atoms with van der Waals surface area (Å²) in [7, 11) is 0. The Morgan fingerprint density at radius 2 is 1.85 bits per heavy atom. The number of carbonyl (C=O) groups excluding carboxylic acids is 2. The second-order valence-corrected chi connectivity index (χ2v) is 2.68. The molecule has 3 nitrogen and oxygen atoms in total. The smallest absolute Gasteiger partial charge is 0.258 e. The third kappa shape index (κ3) is 1.36. The fourth-order valence-electron chi connectivity index (χ4n) is 1.20. The third-order valence-electron chi connectivity index (χ3n) is 1.79. The van der Waals surface area contributed by atoms with Crippen LogP contribution < -0.4 is 5.31 Å². The number of benzene rings is 1. The quantitative estimate of drug-likeness (QED) is 0.638. The fourth-order valence-corrected chi connectivity index (χ4v) is 1.20. The van der Waals surface area contributed by atoms with Crippen molar-refractivity contribution in [1.29, 1.82) is 0 Å². The van der Waals surface area contributed by atoms with Gasteiger partial charge in [0.15, 0.2) is 1.41 Å². The van der Waals surface area contributed by atoms with Crippen LogP contribution in [0, 0.1) is 0 Å². The first-order valence-electron chi connectivity index (χ1n) is 4.29. The number of amides is 2. The lowest BCUT2D eigenvalue weighted by atomic mass is 10.1. The maximum Gasteiger partial charge on any atom is 0.258 e. The van der Waals surface area contributed by atoms with Gasteiger partial charge in [0, 0.05) is 6.08 Å². The first-order chi connectivity index (χ1) is 6.70. The number of rotatable bonds is 1. The van der Waals surface area contributed by atoms with Crippen LogP contribution in [0.15, 0.2) is 36.4 Å². The molecule has 0 aromatic heterocycles. The summed E-state index contributed by atoms with van der Waals surface area (Å²) in [6, 6.07) is 8.84. The minimum atomic E-state index is -0.589. The van der Waals surface area contributed by atoms with E-state index in [1.54, 1.807) is 24.3 Å². The topological polar surface area (TPSA) is 46.2 Å². The molecule has 0 saturated heterocycles. The monoisotopic (exact) mass is 174 g/mol. The van der Waals surface area contributed by atoms with Crippen molar-refractivity contribution in [2.75, 3.05) is 0 Å². The molecule has 64 valence electrons. The largest absolute Gasteiger partial charge is 0.289 e. The van der Waals surface area contributed by atoms with Crippen LogP contribution in [0.25, 0.3) is 5.57 Å². The van der Waals surface area contributed by atoms with Gasteiger partial charge in [-0.25, -0.2) is 0 Å². The summed E-state index contributed by atoms with van der Waals surface area (Å²) in [5, 5.41) is 0.363. The van der Waals surface area contributed by atoms with Crippen molar-refractivity contribution >= 4 is 17.4 Å². The van der Waals surface area contributed by atoms with Gasteiger partial charge in [-0.3, -0.25) is 14.9 Å². The molecule has 1 heterocycles. The number of hydrogen-bond donors (Lipinski definition) is 1. The van der Waals surface area contributed by atoms with Gasteiger partial charge in [-0.2, -0.15) is 0 Å². The van der Waals surface area contributed by atoms with E-state index in [2.05, 4.69) is 0 Å². The molecule has 13 heavy (non-hydrogen) atoms. The van der Waals surface area contributed by atoms with Crippen LogP contribution in [-0.2, 0) is 9.59 Å². The van der Waals surface area contributed by atoms with Gasteiger partial charge >= 0.3 is 0 Å². The second-order valence-electron chi connectivity index (χ2n) is 2.68. The normalized spacial score (nSPS) is 17.4. The molecule has 0 spiro atoms. The van der Waals surface area contributed by atoms with Crippen LogP contribution in [0.4, 0.5) is 0 Å². The highest BCUT2D eigenvalue weighted by Crippen LogP contribution is 2.16. The predicted octanol–water partition coefficient (Wildman–Crippen LogP) is 0.726. The Kier molecular flexibility index (Phi) is 1.45. The molecule has 2 rings (SSSR count). The molecule has 1 aliphatic rings. The summed E-state index contributed by atoms with van der Waals surface area (Å²) in [5.41, 5.74) is 0.950. The zero-order valence-electron chi connectivity index (χ0n) is 7.73. The Morgan fingerprint density at radius 1 is 1.15 bits per heavy atom. The summed E-state index contributed by atoms with van der Waals surface area (Å²) < 4.78 is 7.11.